The summed E-state index contributed by atoms with van der Waals surface area (Å²) in [5, 5.41) is 2.27. The van der Waals surface area contributed by atoms with Gasteiger partial charge in [-0.25, -0.2) is 4.79 Å². The van der Waals surface area contributed by atoms with Crippen LogP contribution in [-0.4, -0.2) is 11.7 Å². The summed E-state index contributed by atoms with van der Waals surface area (Å²) in [5.41, 5.74) is 0.160. The van der Waals surface area contributed by atoms with Gasteiger partial charge in [0.05, 0.1) is 6.16 Å². The maximum absolute atomic E-state index is 12.6. The first-order valence-corrected chi connectivity index (χ1v) is 8.39. The van der Waals surface area contributed by atoms with E-state index in [1.807, 2.05) is 36.4 Å². The number of carbonyl (C=O) groups is 1. The lowest BCUT2D eigenvalue weighted by molar-refractivity contribution is -0.107. The van der Waals surface area contributed by atoms with Gasteiger partial charge in [0.15, 0.2) is 7.26 Å². The first kappa shape index (κ1) is 13.7. The van der Waals surface area contributed by atoms with E-state index in [-0.39, 0.29) is 5.52 Å². The number of carbonyl (C=O) groups excluding carboxylic acids is 1. The Hall–Kier alpha value is -1.72. The predicted molar refractivity (Wildman–Crippen MR) is 84.8 cm³/mol. The third-order valence-electron chi connectivity index (χ3n) is 3.42. The van der Waals surface area contributed by atoms with E-state index in [9.17, 15) is 4.79 Å². The molecule has 0 unspecified atom stereocenters. The molecule has 0 atom stereocenters. The molecule has 2 aromatic rings. The zero-order valence-electron chi connectivity index (χ0n) is 11.1. The molecule has 2 aromatic carbocycles. The van der Waals surface area contributed by atoms with Gasteiger partial charge in [0.2, 0.25) is 0 Å². The minimum absolute atomic E-state index is 0.160. The lowest BCUT2D eigenvalue weighted by Gasteiger charge is -2.22. The number of hydrogen-bond acceptors (Lipinski definition) is 1. The van der Waals surface area contributed by atoms with E-state index >= 15 is 0 Å². The minimum atomic E-state index is -2.03. The molecule has 1 nitrogen and oxygen atoms in total. The van der Waals surface area contributed by atoms with Crippen LogP contribution in [-0.2, 0) is 4.79 Å². The molecule has 0 aliphatic rings. The molecule has 0 spiro atoms. The molecule has 0 saturated carbocycles. The molecule has 96 valence electrons. The smallest absolute Gasteiger partial charge is 0.247 e. The Balaban J connectivity index is 2.69. The Bertz CT molecular complexity index is 521. The van der Waals surface area contributed by atoms with Crippen LogP contribution in [0.1, 0.15) is 6.92 Å². The molecule has 0 aromatic heterocycles. The monoisotopic (exact) mass is 269 g/mol. The van der Waals surface area contributed by atoms with Crippen molar-refractivity contribution in [1.29, 1.82) is 0 Å². The van der Waals surface area contributed by atoms with Gasteiger partial charge in [-0.2, -0.15) is 0 Å². The third-order valence-corrected chi connectivity index (χ3v) is 7.66. The molecule has 2 heteroatoms. The minimum Gasteiger partial charge on any atom is -0.247 e. The van der Waals surface area contributed by atoms with Crippen molar-refractivity contribution in [2.24, 2.45) is 0 Å². The lowest BCUT2D eigenvalue weighted by atomic mass is 10.4. The van der Waals surface area contributed by atoms with E-state index in [4.69, 9.17) is 0 Å². The largest absolute Gasteiger partial charge is 0.300 e. The summed E-state index contributed by atoms with van der Waals surface area (Å²) in [6.07, 6.45) is 2.31. The van der Waals surface area contributed by atoms with Crippen LogP contribution in [0.5, 0.6) is 0 Å². The normalized spacial score (nSPS) is 11.0. The lowest BCUT2D eigenvalue weighted by Crippen LogP contribution is -2.29. The van der Waals surface area contributed by atoms with Gasteiger partial charge in [-0.15, -0.1) is 0 Å². The van der Waals surface area contributed by atoms with Crippen LogP contribution >= 0.6 is 7.26 Å². The van der Waals surface area contributed by atoms with Crippen molar-refractivity contribution >= 4 is 23.4 Å². The van der Waals surface area contributed by atoms with Crippen molar-refractivity contribution in [3.63, 3.8) is 0 Å². The SMILES string of the molecule is C=CC(=O)[P+](CC)(c1ccccc1)c1ccccc1. The number of hydrogen-bond donors (Lipinski definition) is 0. The second-order valence-corrected chi connectivity index (χ2v) is 8.06. The highest BCUT2D eigenvalue weighted by molar-refractivity contribution is 8.03. The zero-order valence-corrected chi connectivity index (χ0v) is 12.0. The van der Waals surface area contributed by atoms with Crippen LogP contribution in [0.4, 0.5) is 0 Å². The number of allylic oxidation sites excluding steroid dienone is 1. The predicted octanol–water partition coefficient (Wildman–Crippen LogP) is 3.39. The molecule has 19 heavy (non-hydrogen) atoms. The first-order valence-electron chi connectivity index (χ1n) is 6.42. The number of benzene rings is 2. The van der Waals surface area contributed by atoms with Gasteiger partial charge in [0.1, 0.15) is 10.6 Å². The Kier molecular flexibility index (Phi) is 4.29. The Labute approximate surface area is 115 Å². The molecule has 0 radical (unpaired) electrons. The standard InChI is InChI=1S/C17H18OP/c1-3-17(18)19(4-2,15-11-7-5-8-12-15)16-13-9-6-10-14-16/h3,5-14H,1,4H2,2H3/q+1. The Morgan fingerprint density at radius 1 is 1.00 bits per heavy atom. The second-order valence-electron chi connectivity index (χ2n) is 4.34. The average molecular weight is 269 g/mol. The first-order chi connectivity index (χ1) is 9.25. The highest BCUT2D eigenvalue weighted by Crippen LogP contribution is 2.57. The van der Waals surface area contributed by atoms with Crippen molar-refractivity contribution in [3.8, 4) is 0 Å². The van der Waals surface area contributed by atoms with Crippen LogP contribution in [0.3, 0.4) is 0 Å². The molecule has 2 rings (SSSR count). The second kappa shape index (κ2) is 5.95. The van der Waals surface area contributed by atoms with Crippen LogP contribution in [0.2, 0.25) is 0 Å². The highest BCUT2D eigenvalue weighted by atomic mass is 31.2. The summed E-state index contributed by atoms with van der Waals surface area (Å²) in [5.74, 6) is 0. The summed E-state index contributed by atoms with van der Waals surface area (Å²) in [6, 6.07) is 20.2. The van der Waals surface area contributed by atoms with Gasteiger partial charge in [-0.1, -0.05) is 43.0 Å². The maximum atomic E-state index is 12.6. The quantitative estimate of drug-likeness (QED) is 0.600. The van der Waals surface area contributed by atoms with Gasteiger partial charge in [0, 0.05) is 6.08 Å². The van der Waals surface area contributed by atoms with Gasteiger partial charge >= 0.3 is 5.52 Å². The van der Waals surface area contributed by atoms with Crippen molar-refractivity contribution in [1.82, 2.24) is 0 Å². The molecule has 0 N–H and O–H groups in total. The molecule has 0 saturated heterocycles. The third kappa shape index (κ3) is 2.39. The molecule has 0 aliphatic heterocycles. The fourth-order valence-corrected chi connectivity index (χ4v) is 5.97. The van der Waals surface area contributed by atoms with Gasteiger partial charge in [-0.05, 0) is 31.2 Å². The fraction of sp³-hybridized carbons (Fsp3) is 0.118. The molecule has 0 heterocycles. The highest BCUT2D eigenvalue weighted by Gasteiger charge is 2.47. The molecular weight excluding hydrogens is 251 g/mol. The molecule has 0 fully saturated rings. The molecule has 0 amide bonds. The Morgan fingerprint density at radius 2 is 1.42 bits per heavy atom. The summed E-state index contributed by atoms with van der Waals surface area (Å²) in [4.78, 5) is 12.6. The van der Waals surface area contributed by atoms with Crippen molar-refractivity contribution < 1.29 is 4.79 Å². The van der Waals surface area contributed by atoms with Crippen molar-refractivity contribution in [2.75, 3.05) is 6.16 Å². The van der Waals surface area contributed by atoms with Crippen molar-refractivity contribution in [2.45, 2.75) is 6.92 Å². The van der Waals surface area contributed by atoms with E-state index in [1.165, 1.54) is 6.08 Å². The van der Waals surface area contributed by atoms with E-state index in [1.54, 1.807) is 0 Å². The van der Waals surface area contributed by atoms with Crippen LogP contribution in [0, 0.1) is 0 Å². The van der Waals surface area contributed by atoms with Crippen LogP contribution in [0.25, 0.3) is 0 Å². The van der Waals surface area contributed by atoms with Gasteiger partial charge < -0.3 is 0 Å². The van der Waals surface area contributed by atoms with Crippen LogP contribution in [0.15, 0.2) is 73.3 Å². The van der Waals surface area contributed by atoms with Gasteiger partial charge in [0.25, 0.3) is 0 Å². The fourth-order valence-electron chi connectivity index (χ4n) is 2.45. The van der Waals surface area contributed by atoms with E-state index in [2.05, 4.69) is 37.8 Å². The maximum Gasteiger partial charge on any atom is 0.300 e. The van der Waals surface area contributed by atoms with Crippen molar-refractivity contribution in [3.05, 3.63) is 73.3 Å². The summed E-state index contributed by atoms with van der Waals surface area (Å²) >= 11 is 0. The molecule has 0 bridgehead atoms. The number of rotatable bonds is 5. The summed E-state index contributed by atoms with van der Waals surface area (Å²) in [7, 11) is -2.03. The molecule has 0 aliphatic carbocycles. The van der Waals surface area contributed by atoms with Gasteiger partial charge in [-0.3, -0.25) is 0 Å². The van der Waals surface area contributed by atoms with E-state index in [0.29, 0.717) is 0 Å². The summed E-state index contributed by atoms with van der Waals surface area (Å²) < 4.78 is 0. The Morgan fingerprint density at radius 3 is 1.74 bits per heavy atom. The van der Waals surface area contributed by atoms with Crippen LogP contribution < -0.4 is 10.6 Å². The summed E-state index contributed by atoms with van der Waals surface area (Å²) in [6.45, 7) is 5.80. The van der Waals surface area contributed by atoms with E-state index in [0.717, 1.165) is 16.8 Å². The zero-order chi connectivity index (χ0) is 13.7. The molecular formula is C17H18OP+. The topological polar surface area (TPSA) is 17.1 Å². The average Bonchev–Trinajstić information content (AvgIpc) is 2.50. The van der Waals surface area contributed by atoms with E-state index < -0.39 is 7.26 Å².